The monoisotopic (exact) mass is 340 g/mol. The second-order valence-corrected chi connectivity index (χ2v) is 7.27. The van der Waals surface area contributed by atoms with Gasteiger partial charge in [-0.1, -0.05) is 24.6 Å². The van der Waals surface area contributed by atoms with Crippen LogP contribution in [0, 0.1) is 11.3 Å². The fourth-order valence-corrected chi connectivity index (χ4v) is 4.23. The van der Waals surface area contributed by atoms with Crippen molar-refractivity contribution in [1.29, 1.82) is 0 Å². The zero-order chi connectivity index (χ0) is 17.6. The van der Waals surface area contributed by atoms with Gasteiger partial charge in [-0.15, -0.1) is 0 Å². The molecular formula is C19H20N2O4. The number of carbonyl (C=O) groups is 2. The highest BCUT2D eigenvalue weighted by atomic mass is 16.4. The molecule has 0 bridgehead atoms. The number of carbonyl (C=O) groups excluding carboxylic acids is 1. The molecule has 1 aromatic heterocycles. The molecule has 2 fully saturated rings. The van der Waals surface area contributed by atoms with Crippen molar-refractivity contribution in [3.8, 4) is 0 Å². The van der Waals surface area contributed by atoms with Crippen molar-refractivity contribution in [3.05, 3.63) is 46.2 Å². The Morgan fingerprint density at radius 2 is 2.04 bits per heavy atom. The number of nitrogens with zero attached hydrogens (tertiary/aromatic N) is 1. The first-order valence-electron chi connectivity index (χ1n) is 8.60. The van der Waals surface area contributed by atoms with Crippen LogP contribution in [-0.4, -0.2) is 40.0 Å². The third-order valence-corrected chi connectivity index (χ3v) is 5.82. The van der Waals surface area contributed by atoms with E-state index in [-0.39, 0.29) is 29.8 Å². The minimum absolute atomic E-state index is 0.00257. The largest absolute Gasteiger partial charge is 0.481 e. The summed E-state index contributed by atoms with van der Waals surface area (Å²) in [5.41, 5.74) is 0.644. The molecule has 1 aliphatic carbocycles. The molecule has 1 saturated carbocycles. The minimum Gasteiger partial charge on any atom is -0.481 e. The number of pyridine rings is 1. The van der Waals surface area contributed by atoms with Crippen LogP contribution in [-0.2, 0) is 16.0 Å². The number of amides is 1. The zero-order valence-electron chi connectivity index (χ0n) is 13.8. The number of likely N-dealkylation sites (tertiary alicyclic amines) is 1. The standard InChI is InChI=1S/C19H20N2O4/c22-16(21-10-14(18(24)25)19(11-21)6-3-7-19)9-13-8-12-4-1-2-5-15(12)20-17(13)23/h1-2,4-5,8,14H,3,6-7,9-11H2,(H,20,23)(H,24,25). The van der Waals surface area contributed by atoms with Gasteiger partial charge >= 0.3 is 5.97 Å². The van der Waals surface area contributed by atoms with Crippen LogP contribution in [0.3, 0.4) is 0 Å². The highest BCUT2D eigenvalue weighted by molar-refractivity contribution is 5.84. The Morgan fingerprint density at radius 1 is 1.28 bits per heavy atom. The molecule has 6 nitrogen and oxygen atoms in total. The molecule has 2 N–H and O–H groups in total. The lowest BCUT2D eigenvalue weighted by Crippen LogP contribution is -2.41. The van der Waals surface area contributed by atoms with E-state index in [2.05, 4.69) is 4.98 Å². The Labute approximate surface area is 144 Å². The molecule has 1 unspecified atom stereocenters. The molecule has 25 heavy (non-hydrogen) atoms. The number of fused-ring (bicyclic) bond motifs is 1. The van der Waals surface area contributed by atoms with Gasteiger partial charge < -0.3 is 15.0 Å². The van der Waals surface area contributed by atoms with E-state index in [1.165, 1.54) is 0 Å². The molecule has 2 aliphatic rings. The number of aliphatic carboxylic acids is 1. The van der Waals surface area contributed by atoms with Crippen molar-refractivity contribution in [2.75, 3.05) is 13.1 Å². The van der Waals surface area contributed by atoms with Gasteiger partial charge in [-0.2, -0.15) is 0 Å². The molecule has 1 atom stereocenters. The lowest BCUT2D eigenvalue weighted by Gasteiger charge is -2.40. The molecule has 1 aromatic carbocycles. The van der Waals surface area contributed by atoms with Gasteiger partial charge in [0.15, 0.2) is 0 Å². The molecule has 0 radical (unpaired) electrons. The van der Waals surface area contributed by atoms with Crippen molar-refractivity contribution >= 4 is 22.8 Å². The summed E-state index contributed by atoms with van der Waals surface area (Å²) < 4.78 is 0. The van der Waals surface area contributed by atoms with Crippen molar-refractivity contribution in [2.45, 2.75) is 25.7 Å². The summed E-state index contributed by atoms with van der Waals surface area (Å²) >= 11 is 0. The third-order valence-electron chi connectivity index (χ3n) is 5.82. The van der Waals surface area contributed by atoms with E-state index in [1.807, 2.05) is 24.3 Å². The van der Waals surface area contributed by atoms with Crippen LogP contribution < -0.4 is 5.56 Å². The highest BCUT2D eigenvalue weighted by Gasteiger charge is 2.54. The first-order chi connectivity index (χ1) is 12.0. The molecule has 4 rings (SSSR count). The van der Waals surface area contributed by atoms with Gasteiger partial charge in [0.25, 0.3) is 5.56 Å². The maximum atomic E-state index is 12.7. The number of hydrogen-bond donors (Lipinski definition) is 2. The molecule has 130 valence electrons. The molecule has 1 aliphatic heterocycles. The molecule has 1 saturated heterocycles. The topological polar surface area (TPSA) is 90.5 Å². The van der Waals surface area contributed by atoms with Gasteiger partial charge in [0.05, 0.1) is 12.3 Å². The zero-order valence-corrected chi connectivity index (χ0v) is 13.8. The molecular weight excluding hydrogens is 320 g/mol. The number of benzene rings is 1. The lowest BCUT2D eigenvalue weighted by atomic mass is 9.63. The van der Waals surface area contributed by atoms with Gasteiger partial charge in [0.2, 0.25) is 5.91 Å². The average molecular weight is 340 g/mol. The van der Waals surface area contributed by atoms with Crippen molar-refractivity contribution in [1.82, 2.24) is 9.88 Å². The normalized spacial score (nSPS) is 21.4. The van der Waals surface area contributed by atoms with Crippen LogP contribution >= 0.6 is 0 Å². The van der Waals surface area contributed by atoms with Crippen molar-refractivity contribution in [2.24, 2.45) is 11.3 Å². The van der Waals surface area contributed by atoms with Gasteiger partial charge in [0, 0.05) is 29.6 Å². The SMILES string of the molecule is O=C(O)C1CN(C(=O)Cc2cc3ccccc3[nH]c2=O)CC12CCC2. The van der Waals surface area contributed by atoms with Crippen LogP contribution in [0.4, 0.5) is 0 Å². The Kier molecular flexibility index (Phi) is 3.63. The second-order valence-electron chi connectivity index (χ2n) is 7.27. The Morgan fingerprint density at radius 3 is 2.68 bits per heavy atom. The van der Waals surface area contributed by atoms with Crippen LogP contribution in [0.15, 0.2) is 35.1 Å². The first-order valence-corrected chi connectivity index (χ1v) is 8.60. The van der Waals surface area contributed by atoms with E-state index in [0.717, 1.165) is 30.2 Å². The minimum atomic E-state index is -0.821. The molecule has 2 aromatic rings. The summed E-state index contributed by atoms with van der Waals surface area (Å²) in [6.07, 6.45) is 2.76. The fourth-order valence-electron chi connectivity index (χ4n) is 4.23. The number of carboxylic acid groups (broad SMARTS) is 1. The van der Waals surface area contributed by atoms with E-state index < -0.39 is 11.9 Å². The molecule has 1 spiro atoms. The summed E-state index contributed by atoms with van der Waals surface area (Å²) in [6.45, 7) is 0.744. The molecule has 6 heteroatoms. The number of hydrogen-bond acceptors (Lipinski definition) is 3. The number of carboxylic acids is 1. The summed E-state index contributed by atoms with van der Waals surface area (Å²) in [7, 11) is 0. The second kappa shape index (κ2) is 5.72. The van der Waals surface area contributed by atoms with Crippen LogP contribution in [0.1, 0.15) is 24.8 Å². The van der Waals surface area contributed by atoms with E-state index in [1.54, 1.807) is 11.0 Å². The van der Waals surface area contributed by atoms with Gasteiger partial charge in [-0.25, -0.2) is 0 Å². The van der Waals surface area contributed by atoms with E-state index in [4.69, 9.17) is 0 Å². The maximum absolute atomic E-state index is 12.7. The van der Waals surface area contributed by atoms with Gasteiger partial charge in [-0.05, 0) is 30.4 Å². The summed E-state index contributed by atoms with van der Waals surface area (Å²) in [6, 6.07) is 9.18. The van der Waals surface area contributed by atoms with Gasteiger partial charge in [0.1, 0.15) is 0 Å². The third kappa shape index (κ3) is 2.62. The molecule has 1 amide bonds. The molecule has 2 heterocycles. The first kappa shape index (κ1) is 15.9. The number of para-hydroxylation sites is 1. The summed E-state index contributed by atoms with van der Waals surface area (Å²) in [5.74, 6) is -1.48. The number of rotatable bonds is 3. The van der Waals surface area contributed by atoms with E-state index in [9.17, 15) is 19.5 Å². The Balaban J connectivity index is 1.56. The maximum Gasteiger partial charge on any atom is 0.308 e. The highest BCUT2D eigenvalue weighted by Crippen LogP contribution is 2.51. The smallest absolute Gasteiger partial charge is 0.308 e. The van der Waals surface area contributed by atoms with E-state index in [0.29, 0.717) is 12.1 Å². The predicted octanol–water partition coefficient (Wildman–Crippen LogP) is 1.78. The number of aromatic amines is 1. The van der Waals surface area contributed by atoms with Crippen molar-refractivity contribution < 1.29 is 14.7 Å². The van der Waals surface area contributed by atoms with Crippen LogP contribution in [0.2, 0.25) is 0 Å². The summed E-state index contributed by atoms with van der Waals surface area (Å²) in [5, 5.41) is 10.4. The Hall–Kier alpha value is -2.63. The van der Waals surface area contributed by atoms with Crippen LogP contribution in [0.5, 0.6) is 0 Å². The lowest BCUT2D eigenvalue weighted by molar-refractivity contribution is -0.146. The predicted molar refractivity (Wildman–Crippen MR) is 92.3 cm³/mol. The fraction of sp³-hybridized carbons (Fsp3) is 0.421. The quantitative estimate of drug-likeness (QED) is 0.891. The Bertz CT molecular complexity index is 913. The number of H-pyrrole nitrogens is 1. The van der Waals surface area contributed by atoms with Gasteiger partial charge in [-0.3, -0.25) is 14.4 Å². The summed E-state index contributed by atoms with van der Waals surface area (Å²) in [4.78, 5) is 40.9. The number of nitrogens with one attached hydrogen (secondary N) is 1. The van der Waals surface area contributed by atoms with Crippen LogP contribution in [0.25, 0.3) is 10.9 Å². The van der Waals surface area contributed by atoms with Crippen molar-refractivity contribution in [3.63, 3.8) is 0 Å². The average Bonchev–Trinajstić information content (AvgIpc) is 2.97. The van der Waals surface area contributed by atoms with E-state index >= 15 is 0 Å². The number of aromatic nitrogens is 1.